The molecule has 19 heavy (non-hydrogen) atoms. The van der Waals surface area contributed by atoms with E-state index in [0.29, 0.717) is 17.4 Å². The molecule has 0 aliphatic carbocycles. The number of Topliss-reactive ketones (excluding diaryl/α,β-unsaturated/α-hetero) is 1. The van der Waals surface area contributed by atoms with Crippen LogP contribution in [0.2, 0.25) is 0 Å². The Balaban J connectivity index is 1.91. The van der Waals surface area contributed by atoms with Gasteiger partial charge in [-0.05, 0) is 37.6 Å². The van der Waals surface area contributed by atoms with E-state index in [9.17, 15) is 9.18 Å². The van der Waals surface area contributed by atoms with Gasteiger partial charge in [-0.25, -0.2) is 9.37 Å². The van der Waals surface area contributed by atoms with E-state index in [-0.39, 0.29) is 11.6 Å². The van der Waals surface area contributed by atoms with Gasteiger partial charge in [-0.15, -0.1) is 0 Å². The Bertz CT molecular complexity index is 551. The maximum atomic E-state index is 12.8. The highest BCUT2D eigenvalue weighted by atomic mass is 32.2. The highest BCUT2D eigenvalue weighted by Gasteiger charge is 2.07. The number of halogens is 1. The second kappa shape index (κ2) is 6.52. The minimum Gasteiger partial charge on any atom is -0.431 e. The third kappa shape index (κ3) is 4.21. The van der Waals surface area contributed by atoms with Crippen molar-refractivity contribution < 1.29 is 13.6 Å². The van der Waals surface area contributed by atoms with E-state index in [1.54, 1.807) is 25.3 Å². The highest BCUT2D eigenvalue weighted by Crippen LogP contribution is 2.26. The molecule has 0 N–H and O–H groups in total. The number of rotatable bonds is 6. The van der Waals surface area contributed by atoms with Crippen LogP contribution in [-0.4, -0.2) is 16.5 Å². The summed E-state index contributed by atoms with van der Waals surface area (Å²) in [6, 6.07) is 6.08. The van der Waals surface area contributed by atoms with Gasteiger partial charge in [-0.3, -0.25) is 0 Å². The Hall–Kier alpha value is -1.62. The third-order valence-corrected chi connectivity index (χ3v) is 3.44. The molecule has 0 saturated carbocycles. The Kier molecular flexibility index (Phi) is 4.74. The normalized spacial score (nSPS) is 10.6. The number of hydrogen-bond donors (Lipinski definition) is 0. The van der Waals surface area contributed by atoms with Gasteiger partial charge in [0.2, 0.25) is 0 Å². The van der Waals surface area contributed by atoms with Crippen molar-refractivity contribution in [3.63, 3.8) is 0 Å². The van der Waals surface area contributed by atoms with Crippen LogP contribution >= 0.6 is 11.8 Å². The van der Waals surface area contributed by atoms with E-state index in [0.717, 1.165) is 17.7 Å². The molecule has 0 radical (unpaired) electrons. The van der Waals surface area contributed by atoms with Gasteiger partial charge in [0.15, 0.2) is 5.76 Å². The first-order valence-electron chi connectivity index (χ1n) is 5.99. The summed E-state index contributed by atoms with van der Waals surface area (Å²) in [6.07, 6.45) is 3.02. The average molecular weight is 279 g/mol. The minimum absolute atomic E-state index is 0.194. The first kappa shape index (κ1) is 13.8. The fourth-order valence-corrected chi connectivity index (χ4v) is 2.29. The van der Waals surface area contributed by atoms with E-state index in [4.69, 9.17) is 4.42 Å². The zero-order chi connectivity index (χ0) is 13.7. The van der Waals surface area contributed by atoms with Crippen LogP contribution in [0, 0.1) is 5.82 Å². The summed E-state index contributed by atoms with van der Waals surface area (Å²) in [6.45, 7) is 1.59. The number of carbonyl (C=O) groups excluding carboxylic acids is 1. The Labute approximate surface area is 115 Å². The number of ketones is 1. The van der Waals surface area contributed by atoms with Crippen molar-refractivity contribution in [1.82, 2.24) is 4.98 Å². The topological polar surface area (TPSA) is 43.1 Å². The number of hydrogen-bond acceptors (Lipinski definition) is 4. The van der Waals surface area contributed by atoms with Gasteiger partial charge < -0.3 is 9.21 Å². The van der Waals surface area contributed by atoms with E-state index in [1.807, 2.05) is 0 Å². The molecule has 5 heteroatoms. The summed E-state index contributed by atoms with van der Waals surface area (Å²) in [5.41, 5.74) is 0.796. The Morgan fingerprint density at radius 3 is 2.79 bits per heavy atom. The molecule has 0 atom stereocenters. The smallest absolute Gasteiger partial charge is 0.256 e. The minimum atomic E-state index is -0.276. The summed E-state index contributed by atoms with van der Waals surface area (Å²) in [5.74, 6) is 1.33. The number of benzene rings is 1. The molecule has 0 unspecified atom stereocenters. The molecule has 0 saturated heterocycles. The molecule has 1 heterocycles. The lowest BCUT2D eigenvalue weighted by Crippen LogP contribution is -1.90. The molecule has 0 aliphatic rings. The Morgan fingerprint density at radius 1 is 1.37 bits per heavy atom. The van der Waals surface area contributed by atoms with Crippen LogP contribution in [0.1, 0.15) is 19.8 Å². The van der Waals surface area contributed by atoms with Crippen molar-refractivity contribution in [1.29, 1.82) is 0 Å². The SMILES string of the molecule is CC(=O)CCCSc1ncc(-c2ccc(F)cc2)o1. The number of carbonyl (C=O) groups is 1. The number of aromatic nitrogens is 1. The van der Waals surface area contributed by atoms with E-state index >= 15 is 0 Å². The van der Waals surface area contributed by atoms with Crippen LogP contribution in [0.25, 0.3) is 11.3 Å². The quantitative estimate of drug-likeness (QED) is 0.593. The summed E-state index contributed by atoms with van der Waals surface area (Å²) < 4.78 is 18.4. The van der Waals surface area contributed by atoms with Gasteiger partial charge in [0.25, 0.3) is 5.22 Å². The first-order chi connectivity index (χ1) is 9.15. The van der Waals surface area contributed by atoms with Crippen LogP contribution in [0.15, 0.2) is 40.1 Å². The van der Waals surface area contributed by atoms with E-state index < -0.39 is 0 Å². The third-order valence-electron chi connectivity index (χ3n) is 2.51. The lowest BCUT2D eigenvalue weighted by atomic mass is 10.2. The second-order valence-electron chi connectivity index (χ2n) is 4.15. The molecule has 0 fully saturated rings. The van der Waals surface area contributed by atoms with Gasteiger partial charge >= 0.3 is 0 Å². The van der Waals surface area contributed by atoms with Crippen LogP contribution < -0.4 is 0 Å². The van der Waals surface area contributed by atoms with Crippen LogP contribution in [-0.2, 0) is 4.79 Å². The molecular weight excluding hydrogens is 265 g/mol. The summed E-state index contributed by atoms with van der Waals surface area (Å²) in [7, 11) is 0. The molecule has 100 valence electrons. The lowest BCUT2D eigenvalue weighted by molar-refractivity contribution is -0.117. The molecule has 1 aromatic carbocycles. The molecule has 2 rings (SSSR count). The maximum absolute atomic E-state index is 12.8. The summed E-state index contributed by atoms with van der Waals surface area (Å²) in [5, 5.41) is 0.572. The fraction of sp³-hybridized carbons (Fsp3) is 0.286. The van der Waals surface area contributed by atoms with Crippen molar-refractivity contribution in [2.45, 2.75) is 25.0 Å². The van der Waals surface area contributed by atoms with Crippen molar-refractivity contribution in [2.24, 2.45) is 0 Å². The van der Waals surface area contributed by atoms with E-state index in [2.05, 4.69) is 4.98 Å². The standard InChI is InChI=1S/C14H14FNO2S/c1-10(17)3-2-8-19-14-16-9-13(18-14)11-4-6-12(15)7-5-11/h4-7,9H,2-3,8H2,1H3. The fourth-order valence-electron chi connectivity index (χ4n) is 1.55. The number of nitrogens with zero attached hydrogens (tertiary/aromatic N) is 1. The van der Waals surface area contributed by atoms with Gasteiger partial charge in [0.1, 0.15) is 11.6 Å². The summed E-state index contributed by atoms with van der Waals surface area (Å²) >= 11 is 1.48. The molecule has 3 nitrogen and oxygen atoms in total. The molecule has 2 aromatic rings. The van der Waals surface area contributed by atoms with Crippen molar-refractivity contribution in [3.8, 4) is 11.3 Å². The second-order valence-corrected chi connectivity index (χ2v) is 5.20. The van der Waals surface area contributed by atoms with E-state index in [1.165, 1.54) is 23.9 Å². The van der Waals surface area contributed by atoms with Crippen LogP contribution in [0.3, 0.4) is 0 Å². The average Bonchev–Trinajstić information content (AvgIpc) is 2.84. The number of oxazole rings is 1. The monoisotopic (exact) mass is 279 g/mol. The van der Waals surface area contributed by atoms with Gasteiger partial charge in [0, 0.05) is 17.7 Å². The first-order valence-corrected chi connectivity index (χ1v) is 6.98. The van der Waals surface area contributed by atoms with Gasteiger partial charge in [-0.2, -0.15) is 0 Å². The molecule has 0 bridgehead atoms. The number of thioether (sulfide) groups is 1. The zero-order valence-electron chi connectivity index (χ0n) is 10.6. The maximum Gasteiger partial charge on any atom is 0.256 e. The largest absolute Gasteiger partial charge is 0.431 e. The highest BCUT2D eigenvalue weighted by molar-refractivity contribution is 7.99. The van der Waals surface area contributed by atoms with Crippen LogP contribution in [0.4, 0.5) is 4.39 Å². The van der Waals surface area contributed by atoms with Crippen molar-refractivity contribution in [2.75, 3.05) is 5.75 Å². The molecule has 0 aliphatic heterocycles. The van der Waals surface area contributed by atoms with Gasteiger partial charge in [-0.1, -0.05) is 11.8 Å². The molecular formula is C14H14FNO2S. The summed E-state index contributed by atoms with van der Waals surface area (Å²) in [4.78, 5) is 14.9. The predicted octanol–water partition coefficient (Wildman–Crippen LogP) is 3.94. The van der Waals surface area contributed by atoms with Crippen molar-refractivity contribution in [3.05, 3.63) is 36.3 Å². The van der Waals surface area contributed by atoms with Gasteiger partial charge in [0.05, 0.1) is 6.20 Å². The predicted molar refractivity (Wildman–Crippen MR) is 72.5 cm³/mol. The molecule has 1 aromatic heterocycles. The Morgan fingerprint density at radius 2 is 2.11 bits per heavy atom. The van der Waals surface area contributed by atoms with Crippen LogP contribution in [0.5, 0.6) is 0 Å². The van der Waals surface area contributed by atoms with Crippen molar-refractivity contribution >= 4 is 17.5 Å². The zero-order valence-corrected chi connectivity index (χ0v) is 11.4. The lowest BCUT2D eigenvalue weighted by Gasteiger charge is -1.96. The molecule has 0 amide bonds. The molecule has 0 spiro atoms.